The fourth-order valence-corrected chi connectivity index (χ4v) is 2.88. The number of halogens is 2. The summed E-state index contributed by atoms with van der Waals surface area (Å²) in [6.07, 6.45) is 0.653. The Hall–Kier alpha value is -2.36. The van der Waals surface area contributed by atoms with E-state index in [0.717, 1.165) is 33.8 Å². The molecule has 100 valence electrons. The van der Waals surface area contributed by atoms with Gasteiger partial charge in [-0.2, -0.15) is 0 Å². The van der Waals surface area contributed by atoms with Crippen molar-refractivity contribution in [2.24, 2.45) is 0 Å². The van der Waals surface area contributed by atoms with E-state index in [9.17, 15) is 8.78 Å². The maximum atomic E-state index is 13.4. The van der Waals surface area contributed by atoms with Gasteiger partial charge in [-0.15, -0.1) is 0 Å². The molecule has 0 radical (unpaired) electrons. The van der Waals surface area contributed by atoms with E-state index < -0.39 is 0 Å². The van der Waals surface area contributed by atoms with E-state index >= 15 is 0 Å². The molecule has 0 aromatic heterocycles. The van der Waals surface area contributed by atoms with Gasteiger partial charge in [-0.1, -0.05) is 0 Å². The first-order chi connectivity index (χ1) is 9.70. The summed E-state index contributed by atoms with van der Waals surface area (Å²) < 4.78 is 26.7. The molecular weight excluding hydrogens is 258 g/mol. The van der Waals surface area contributed by atoms with Gasteiger partial charge in [-0.25, -0.2) is 8.78 Å². The lowest BCUT2D eigenvalue weighted by atomic mass is 10.0. The van der Waals surface area contributed by atoms with Crippen molar-refractivity contribution < 1.29 is 8.78 Å². The maximum Gasteiger partial charge on any atom is 0.123 e. The van der Waals surface area contributed by atoms with E-state index in [4.69, 9.17) is 0 Å². The lowest BCUT2D eigenvalue weighted by Gasteiger charge is -2.06. The van der Waals surface area contributed by atoms with Crippen LogP contribution in [0.15, 0.2) is 42.1 Å². The van der Waals surface area contributed by atoms with Crippen molar-refractivity contribution >= 4 is 16.9 Å². The fraction of sp³-hybridized carbons (Fsp3) is 0.125. The van der Waals surface area contributed by atoms with Crippen molar-refractivity contribution in [2.75, 3.05) is 17.2 Å². The molecule has 0 amide bonds. The number of hydrogen-bond acceptors (Lipinski definition) is 2. The lowest BCUT2D eigenvalue weighted by Crippen LogP contribution is -2.00. The summed E-state index contributed by atoms with van der Waals surface area (Å²) in [4.78, 5) is 0. The first-order valence-corrected chi connectivity index (χ1v) is 6.52. The number of allylic oxidation sites excluding steroid dienone is 1. The molecule has 0 unspecified atom stereocenters. The quantitative estimate of drug-likeness (QED) is 0.761. The van der Waals surface area contributed by atoms with Crippen molar-refractivity contribution in [3.63, 3.8) is 0 Å². The van der Waals surface area contributed by atoms with Gasteiger partial charge in [-0.3, -0.25) is 0 Å². The van der Waals surface area contributed by atoms with Gasteiger partial charge >= 0.3 is 0 Å². The van der Waals surface area contributed by atoms with E-state index in [-0.39, 0.29) is 11.6 Å². The normalized spacial score (nSPS) is 19.3. The summed E-state index contributed by atoms with van der Waals surface area (Å²) >= 11 is 0. The van der Waals surface area contributed by atoms with E-state index in [1.807, 2.05) is 0 Å². The van der Waals surface area contributed by atoms with Crippen LogP contribution in [0.4, 0.5) is 20.2 Å². The number of hydrogen-bond donors (Lipinski definition) is 2. The molecule has 0 saturated carbocycles. The highest BCUT2D eigenvalue weighted by atomic mass is 19.1. The highest BCUT2D eigenvalue weighted by molar-refractivity contribution is 5.88. The lowest BCUT2D eigenvalue weighted by molar-refractivity contribution is 0.626. The van der Waals surface area contributed by atoms with Gasteiger partial charge in [0.15, 0.2) is 0 Å². The van der Waals surface area contributed by atoms with Crippen LogP contribution >= 0.6 is 0 Å². The third-order valence-electron chi connectivity index (χ3n) is 3.85. The second kappa shape index (κ2) is 4.07. The molecule has 2 aliphatic heterocycles. The van der Waals surface area contributed by atoms with Crippen molar-refractivity contribution in [1.82, 2.24) is 0 Å². The summed E-state index contributed by atoms with van der Waals surface area (Å²) in [5, 5.41) is 6.57. The molecule has 2 aromatic carbocycles. The van der Waals surface area contributed by atoms with E-state index in [0.29, 0.717) is 13.0 Å². The second-order valence-electron chi connectivity index (χ2n) is 5.10. The molecule has 20 heavy (non-hydrogen) atoms. The molecule has 0 spiro atoms. The molecule has 2 heterocycles. The standard InChI is InChI=1S/C16H12F2N2/c17-10-1-3-14-9(5-10)6-16(20-14)13-8-19-15-4-2-11(18)7-12(13)15/h1-5,7,19-20H,6,8H2/b16-13-. The van der Waals surface area contributed by atoms with E-state index in [1.54, 1.807) is 24.3 Å². The Morgan fingerprint density at radius 1 is 0.900 bits per heavy atom. The summed E-state index contributed by atoms with van der Waals surface area (Å²) in [5.41, 5.74) is 5.77. The van der Waals surface area contributed by atoms with Gasteiger partial charge < -0.3 is 10.6 Å². The van der Waals surface area contributed by atoms with Crippen LogP contribution in [-0.4, -0.2) is 6.54 Å². The first kappa shape index (κ1) is 11.5. The van der Waals surface area contributed by atoms with E-state index in [1.165, 1.54) is 12.1 Å². The van der Waals surface area contributed by atoms with Gasteiger partial charge in [0, 0.05) is 41.2 Å². The minimum Gasteiger partial charge on any atom is -0.380 e. The molecule has 0 bridgehead atoms. The van der Waals surface area contributed by atoms with Gasteiger partial charge in [0.2, 0.25) is 0 Å². The van der Waals surface area contributed by atoms with Crippen molar-refractivity contribution in [3.8, 4) is 0 Å². The molecule has 2 nitrogen and oxygen atoms in total. The third kappa shape index (κ3) is 1.68. The third-order valence-corrected chi connectivity index (χ3v) is 3.85. The van der Waals surface area contributed by atoms with Crippen LogP contribution in [0.5, 0.6) is 0 Å². The number of fused-ring (bicyclic) bond motifs is 2. The predicted octanol–water partition coefficient (Wildman–Crippen LogP) is 3.77. The van der Waals surface area contributed by atoms with Crippen LogP contribution in [0.1, 0.15) is 11.1 Å². The molecule has 2 N–H and O–H groups in total. The van der Waals surface area contributed by atoms with Crippen LogP contribution in [0.25, 0.3) is 5.57 Å². The minimum atomic E-state index is -0.243. The maximum absolute atomic E-state index is 13.4. The largest absolute Gasteiger partial charge is 0.380 e. The van der Waals surface area contributed by atoms with Gasteiger partial charge in [0.05, 0.1) is 0 Å². The van der Waals surface area contributed by atoms with Crippen LogP contribution in [0.3, 0.4) is 0 Å². The Kier molecular flexibility index (Phi) is 2.33. The fourth-order valence-electron chi connectivity index (χ4n) is 2.88. The summed E-state index contributed by atoms with van der Waals surface area (Å²) in [7, 11) is 0. The molecule has 0 saturated heterocycles. The second-order valence-corrected chi connectivity index (χ2v) is 5.10. The van der Waals surface area contributed by atoms with Crippen LogP contribution in [0, 0.1) is 11.6 Å². The smallest absolute Gasteiger partial charge is 0.123 e. The zero-order valence-corrected chi connectivity index (χ0v) is 10.6. The highest BCUT2D eigenvalue weighted by Crippen LogP contribution is 2.38. The summed E-state index contributed by atoms with van der Waals surface area (Å²) in [5.74, 6) is -0.472. The van der Waals surface area contributed by atoms with E-state index in [2.05, 4.69) is 10.6 Å². The van der Waals surface area contributed by atoms with Gasteiger partial charge in [-0.05, 0) is 42.0 Å². The number of nitrogens with one attached hydrogen (secondary N) is 2. The summed E-state index contributed by atoms with van der Waals surface area (Å²) in [6.45, 7) is 0.664. The van der Waals surface area contributed by atoms with Crippen molar-refractivity contribution in [3.05, 3.63) is 64.9 Å². The van der Waals surface area contributed by atoms with Crippen LogP contribution in [0.2, 0.25) is 0 Å². The average Bonchev–Trinajstić information content (AvgIpc) is 3.00. The van der Waals surface area contributed by atoms with Crippen molar-refractivity contribution in [1.29, 1.82) is 0 Å². The Balaban J connectivity index is 1.79. The zero-order valence-electron chi connectivity index (χ0n) is 10.6. The molecule has 2 aromatic rings. The highest BCUT2D eigenvalue weighted by Gasteiger charge is 2.24. The minimum absolute atomic E-state index is 0.229. The first-order valence-electron chi connectivity index (χ1n) is 6.52. The van der Waals surface area contributed by atoms with Crippen molar-refractivity contribution in [2.45, 2.75) is 6.42 Å². The molecule has 4 heteroatoms. The number of benzene rings is 2. The Bertz CT molecular complexity index is 750. The monoisotopic (exact) mass is 270 g/mol. The SMILES string of the molecule is Fc1ccc2c(c1)C/C(=C1\CNc3ccc(F)cc31)N2. The topological polar surface area (TPSA) is 24.1 Å². The van der Waals surface area contributed by atoms with Gasteiger partial charge in [0.25, 0.3) is 0 Å². The number of rotatable bonds is 0. The Morgan fingerprint density at radius 2 is 1.65 bits per heavy atom. The molecule has 0 atom stereocenters. The molecule has 4 rings (SSSR count). The molecule has 0 aliphatic carbocycles. The van der Waals surface area contributed by atoms with Gasteiger partial charge in [0.1, 0.15) is 11.6 Å². The van der Waals surface area contributed by atoms with Crippen LogP contribution in [-0.2, 0) is 6.42 Å². The zero-order chi connectivity index (χ0) is 13.7. The molecular formula is C16H12F2N2. The molecule has 2 aliphatic rings. The van der Waals surface area contributed by atoms with Crippen LogP contribution < -0.4 is 10.6 Å². The number of anilines is 2. The predicted molar refractivity (Wildman–Crippen MR) is 75.5 cm³/mol. The Labute approximate surface area is 115 Å². The average molecular weight is 270 g/mol. The molecule has 0 fully saturated rings. The summed E-state index contributed by atoms with van der Waals surface area (Å²) in [6, 6.07) is 9.48. The Morgan fingerprint density at radius 3 is 2.50 bits per heavy atom.